The Morgan fingerprint density at radius 3 is 3.22 bits per heavy atom. The van der Waals surface area contributed by atoms with E-state index in [1.54, 1.807) is 25.4 Å². The van der Waals surface area contributed by atoms with Gasteiger partial charge in [0, 0.05) is 13.1 Å². The fraction of sp³-hybridized carbons (Fsp3) is 0.167. The third-order valence-corrected chi connectivity index (χ3v) is 0.769. The Bertz CT molecular complexity index is 179. The number of hydrogen-bond donors (Lipinski definition) is 0. The Morgan fingerprint density at radius 2 is 2.67 bits per heavy atom. The number of ether oxygens (including phenoxy) is 1. The van der Waals surface area contributed by atoms with E-state index in [2.05, 4.69) is 4.99 Å². The van der Waals surface area contributed by atoms with Gasteiger partial charge in [0.25, 0.3) is 5.95 Å². The van der Waals surface area contributed by atoms with E-state index in [1.807, 2.05) is 0 Å². The van der Waals surface area contributed by atoms with Crippen molar-refractivity contribution >= 4 is 6.40 Å². The van der Waals surface area contributed by atoms with Crippen LogP contribution in [0, 0.1) is 0 Å². The molecule has 0 atom stereocenters. The van der Waals surface area contributed by atoms with Gasteiger partial charge in [-0.3, -0.25) is 4.99 Å². The Balaban J connectivity index is 2.48. The first-order valence-electron chi connectivity index (χ1n) is 2.54. The second kappa shape index (κ2) is 2.91. The Hall–Kier alpha value is -1.25. The fourth-order valence-corrected chi connectivity index (χ4v) is 0.435. The van der Waals surface area contributed by atoms with Gasteiger partial charge >= 0.3 is 0 Å². The molecule has 1 heterocycles. The molecule has 0 bridgehead atoms. The molecule has 0 aliphatic rings. The Labute approximate surface area is 53.0 Å². The molecule has 3 heteroatoms. The predicted molar refractivity (Wildman–Crippen MR) is 33.8 cm³/mol. The summed E-state index contributed by atoms with van der Waals surface area (Å²) < 4.78 is 9.66. The summed E-state index contributed by atoms with van der Waals surface area (Å²) in [6.45, 7) is 0. The van der Waals surface area contributed by atoms with Crippen LogP contribution in [-0.4, -0.2) is 13.4 Å². The molecule has 0 fully saturated rings. The molecule has 0 N–H and O–H groups in total. The second-order valence-electron chi connectivity index (χ2n) is 1.41. The Morgan fingerprint density at radius 1 is 1.78 bits per heavy atom. The van der Waals surface area contributed by atoms with Crippen molar-refractivity contribution in [2.24, 2.45) is 4.99 Å². The largest absolute Gasteiger partial charge is 0.434 e. The van der Waals surface area contributed by atoms with Gasteiger partial charge in [0.2, 0.25) is 0 Å². The van der Waals surface area contributed by atoms with Gasteiger partial charge in [-0.05, 0) is 6.07 Å². The molecule has 0 aliphatic carbocycles. The molecule has 48 valence electrons. The number of furan rings is 1. The van der Waals surface area contributed by atoms with E-state index < -0.39 is 0 Å². The van der Waals surface area contributed by atoms with Crippen molar-refractivity contribution in [2.75, 3.05) is 7.05 Å². The molecule has 3 nitrogen and oxygen atoms in total. The quantitative estimate of drug-likeness (QED) is 0.441. The van der Waals surface area contributed by atoms with Crippen molar-refractivity contribution in [2.45, 2.75) is 0 Å². The van der Waals surface area contributed by atoms with Crippen LogP contribution in [0.15, 0.2) is 27.8 Å². The third kappa shape index (κ3) is 1.60. The van der Waals surface area contributed by atoms with Crippen LogP contribution in [0.3, 0.4) is 0 Å². The molecular formula is C6H7NO2. The van der Waals surface area contributed by atoms with Crippen LogP contribution in [0.5, 0.6) is 5.95 Å². The fourth-order valence-electron chi connectivity index (χ4n) is 0.435. The lowest BCUT2D eigenvalue weighted by Gasteiger charge is -1.87. The van der Waals surface area contributed by atoms with Gasteiger partial charge in [-0.15, -0.1) is 0 Å². The van der Waals surface area contributed by atoms with Gasteiger partial charge in [-0.25, -0.2) is 0 Å². The molecule has 0 aromatic carbocycles. The summed E-state index contributed by atoms with van der Waals surface area (Å²) in [5.74, 6) is 0.459. The van der Waals surface area contributed by atoms with E-state index in [9.17, 15) is 0 Å². The van der Waals surface area contributed by atoms with Gasteiger partial charge < -0.3 is 9.15 Å². The maximum Gasteiger partial charge on any atom is 0.290 e. The van der Waals surface area contributed by atoms with Crippen LogP contribution >= 0.6 is 0 Å². The average Bonchev–Trinajstić information content (AvgIpc) is 2.34. The molecule has 0 spiro atoms. The highest BCUT2D eigenvalue weighted by molar-refractivity contribution is 5.49. The van der Waals surface area contributed by atoms with E-state index in [1.165, 1.54) is 6.40 Å². The third-order valence-electron chi connectivity index (χ3n) is 0.769. The molecule has 1 aromatic rings. The topological polar surface area (TPSA) is 34.7 Å². The minimum Gasteiger partial charge on any atom is -0.434 e. The molecule has 0 aliphatic heterocycles. The maximum atomic E-state index is 4.84. The normalized spacial score (nSPS) is 10.3. The van der Waals surface area contributed by atoms with Gasteiger partial charge in [-0.2, -0.15) is 0 Å². The molecule has 1 aromatic heterocycles. The molecule has 0 saturated carbocycles. The highest BCUT2D eigenvalue weighted by atomic mass is 16.6. The van der Waals surface area contributed by atoms with E-state index in [0.717, 1.165) is 0 Å². The molecule has 0 saturated heterocycles. The summed E-state index contributed by atoms with van der Waals surface area (Å²) in [6.07, 6.45) is 2.86. The van der Waals surface area contributed by atoms with E-state index in [0.29, 0.717) is 5.95 Å². The van der Waals surface area contributed by atoms with Gasteiger partial charge in [-0.1, -0.05) is 0 Å². The van der Waals surface area contributed by atoms with Crippen molar-refractivity contribution in [1.82, 2.24) is 0 Å². The first-order chi connectivity index (χ1) is 4.43. The number of nitrogens with zero attached hydrogens (tertiary/aromatic N) is 1. The molecular weight excluding hydrogens is 118 g/mol. The zero-order valence-electron chi connectivity index (χ0n) is 5.07. The van der Waals surface area contributed by atoms with Gasteiger partial charge in [0.1, 0.15) is 0 Å². The van der Waals surface area contributed by atoms with Crippen molar-refractivity contribution in [1.29, 1.82) is 0 Å². The molecule has 1 rings (SSSR count). The maximum absolute atomic E-state index is 4.84. The summed E-state index contributed by atoms with van der Waals surface area (Å²) in [4.78, 5) is 3.60. The highest BCUT2D eigenvalue weighted by Crippen LogP contribution is 2.07. The van der Waals surface area contributed by atoms with E-state index >= 15 is 0 Å². The lowest BCUT2D eigenvalue weighted by molar-refractivity contribution is 0.392. The number of hydrogen-bond acceptors (Lipinski definition) is 3. The first kappa shape index (κ1) is 5.88. The lowest BCUT2D eigenvalue weighted by atomic mass is 10.7. The molecule has 0 amide bonds. The highest BCUT2D eigenvalue weighted by Gasteiger charge is 1.88. The van der Waals surface area contributed by atoms with Crippen LogP contribution in [0.2, 0.25) is 0 Å². The predicted octanol–water partition coefficient (Wildman–Crippen LogP) is 1.32. The van der Waals surface area contributed by atoms with Crippen molar-refractivity contribution in [3.05, 3.63) is 18.4 Å². The smallest absolute Gasteiger partial charge is 0.290 e. The number of rotatable bonds is 2. The average molecular weight is 125 g/mol. The summed E-state index contributed by atoms with van der Waals surface area (Å²) in [5, 5.41) is 0. The first-order valence-corrected chi connectivity index (χ1v) is 2.54. The molecule has 0 unspecified atom stereocenters. The standard InChI is InChI=1S/C6H7NO2/c1-7-5-9-6-3-2-4-8-6/h2-5H,1H3. The van der Waals surface area contributed by atoms with Crippen LogP contribution < -0.4 is 4.74 Å². The van der Waals surface area contributed by atoms with Crippen LogP contribution in [-0.2, 0) is 0 Å². The van der Waals surface area contributed by atoms with E-state index in [-0.39, 0.29) is 0 Å². The van der Waals surface area contributed by atoms with Gasteiger partial charge in [0.05, 0.1) is 6.26 Å². The van der Waals surface area contributed by atoms with Crippen molar-refractivity contribution < 1.29 is 9.15 Å². The summed E-state index contributed by atoms with van der Waals surface area (Å²) in [5.41, 5.74) is 0. The van der Waals surface area contributed by atoms with Crippen molar-refractivity contribution in [3.8, 4) is 5.95 Å². The minimum atomic E-state index is 0.459. The lowest BCUT2D eigenvalue weighted by Crippen LogP contribution is -1.85. The summed E-state index contributed by atoms with van der Waals surface area (Å²) >= 11 is 0. The van der Waals surface area contributed by atoms with Crippen LogP contribution in [0.1, 0.15) is 0 Å². The van der Waals surface area contributed by atoms with Crippen molar-refractivity contribution in [3.63, 3.8) is 0 Å². The monoisotopic (exact) mass is 125 g/mol. The van der Waals surface area contributed by atoms with Crippen LogP contribution in [0.4, 0.5) is 0 Å². The SMILES string of the molecule is CN=COc1ccco1. The minimum absolute atomic E-state index is 0.459. The van der Waals surface area contributed by atoms with Crippen LogP contribution in [0.25, 0.3) is 0 Å². The zero-order chi connectivity index (χ0) is 6.53. The Kier molecular flexibility index (Phi) is 1.90. The van der Waals surface area contributed by atoms with Gasteiger partial charge in [0.15, 0.2) is 6.40 Å². The molecule has 9 heavy (non-hydrogen) atoms. The molecule has 0 radical (unpaired) electrons. The second-order valence-corrected chi connectivity index (χ2v) is 1.41. The summed E-state index contributed by atoms with van der Waals surface area (Å²) in [6, 6.07) is 3.46. The summed E-state index contributed by atoms with van der Waals surface area (Å²) in [7, 11) is 1.63. The zero-order valence-corrected chi connectivity index (χ0v) is 5.07. The number of aliphatic imine (C=N–C) groups is 1. The van der Waals surface area contributed by atoms with E-state index in [4.69, 9.17) is 9.15 Å².